The quantitative estimate of drug-likeness (QED) is 0.418. The molecule has 0 heterocycles. The van der Waals surface area contributed by atoms with Crippen molar-refractivity contribution in [2.24, 2.45) is 0 Å². The van der Waals surface area contributed by atoms with Crippen molar-refractivity contribution in [1.82, 2.24) is 0 Å². The molecule has 21 heavy (non-hydrogen) atoms. The second-order valence-corrected chi connectivity index (χ2v) is 7.00. The van der Waals surface area contributed by atoms with Crippen molar-refractivity contribution < 1.29 is 14.0 Å². The van der Waals surface area contributed by atoms with E-state index >= 15 is 0 Å². The van der Waals surface area contributed by atoms with Gasteiger partial charge in [-0.1, -0.05) is 33.6 Å². The van der Waals surface area contributed by atoms with E-state index in [0.29, 0.717) is 11.6 Å². The molecule has 3 nitrogen and oxygen atoms in total. The number of hydrogen-bond donors (Lipinski definition) is 0. The van der Waals surface area contributed by atoms with Crippen LogP contribution >= 0.6 is 27.5 Å². The minimum Gasteiger partial charge on any atom is -0.606 e. The number of hydrogen-bond acceptors (Lipinski definition) is 3. The number of benzene rings is 2. The van der Waals surface area contributed by atoms with Crippen molar-refractivity contribution >= 4 is 38.7 Å². The summed E-state index contributed by atoms with van der Waals surface area (Å²) < 4.78 is 23.5. The molecule has 0 aliphatic heterocycles. The Labute approximate surface area is 140 Å². The first-order chi connectivity index (χ1) is 10.1. The first-order valence-corrected chi connectivity index (χ1v) is 8.46. The van der Waals surface area contributed by atoms with Crippen LogP contribution in [0.5, 0.6) is 0 Å². The van der Waals surface area contributed by atoms with Crippen LogP contribution in [0.25, 0.3) is 0 Å². The zero-order valence-corrected chi connectivity index (χ0v) is 14.5. The molecule has 0 aromatic heterocycles. The van der Waals surface area contributed by atoms with Crippen molar-refractivity contribution in [2.45, 2.75) is 16.4 Å². The molecule has 112 valence electrons. The zero-order valence-electron chi connectivity index (χ0n) is 11.3. The third-order valence-corrected chi connectivity index (χ3v) is 5.10. The normalized spacial score (nSPS) is 12.4. The number of halogens is 2. The van der Waals surface area contributed by atoms with E-state index in [1.807, 2.05) is 18.2 Å². The predicted molar refractivity (Wildman–Crippen MR) is 86.9 cm³/mol. The smallest absolute Gasteiger partial charge is 0.159 e. The van der Waals surface area contributed by atoms with Crippen LogP contribution < -0.4 is 0 Å². The fourth-order valence-corrected chi connectivity index (χ4v) is 3.53. The van der Waals surface area contributed by atoms with Crippen molar-refractivity contribution in [3.8, 4) is 0 Å². The number of rotatable bonds is 6. The Balaban J connectivity index is 2.13. The van der Waals surface area contributed by atoms with Crippen LogP contribution in [0.2, 0.25) is 5.02 Å². The Hall–Kier alpha value is -0.560. The van der Waals surface area contributed by atoms with Gasteiger partial charge in [0.25, 0.3) is 0 Å². The Morgan fingerprint density at radius 1 is 1.14 bits per heavy atom. The van der Waals surface area contributed by atoms with Crippen molar-refractivity contribution in [1.29, 1.82) is 0 Å². The standard InChI is InChI=1S/C15H14BrClO3S/c1-19-10-20-9-11-2-5-14(8-15(11)16)21(18)13-6-3-12(17)4-7-13/h2-8H,9-10H2,1H3. The molecule has 2 rings (SSSR count). The van der Waals surface area contributed by atoms with E-state index in [9.17, 15) is 4.55 Å². The molecule has 6 heteroatoms. The molecular formula is C15H14BrClO3S. The van der Waals surface area contributed by atoms with Gasteiger partial charge in [-0.3, -0.25) is 0 Å². The zero-order chi connectivity index (χ0) is 15.2. The van der Waals surface area contributed by atoms with Crippen molar-refractivity contribution in [2.75, 3.05) is 13.9 Å². The highest BCUT2D eigenvalue weighted by Gasteiger charge is 2.16. The van der Waals surface area contributed by atoms with E-state index in [2.05, 4.69) is 15.9 Å². The summed E-state index contributed by atoms with van der Waals surface area (Å²) in [6, 6.07) is 12.6. The molecule has 0 aliphatic carbocycles. The maximum atomic E-state index is 12.5. The topological polar surface area (TPSA) is 41.5 Å². The molecule has 2 aromatic rings. The molecule has 1 atom stereocenters. The summed E-state index contributed by atoms with van der Waals surface area (Å²) in [5, 5.41) is 0.627. The van der Waals surface area contributed by atoms with Crippen LogP contribution in [0.15, 0.2) is 56.7 Å². The molecule has 0 radical (unpaired) electrons. The molecule has 0 bridgehead atoms. The Bertz CT molecular complexity index is 592. The Kier molecular flexibility index (Phi) is 6.54. The highest BCUT2D eigenvalue weighted by atomic mass is 79.9. The summed E-state index contributed by atoms with van der Waals surface area (Å²) >= 11 is 8.08. The summed E-state index contributed by atoms with van der Waals surface area (Å²) in [5.41, 5.74) is 0.976. The molecule has 0 saturated heterocycles. The summed E-state index contributed by atoms with van der Waals surface area (Å²) in [7, 11) is 1.58. The van der Waals surface area contributed by atoms with Gasteiger partial charge >= 0.3 is 0 Å². The van der Waals surface area contributed by atoms with Gasteiger partial charge in [-0.2, -0.15) is 0 Å². The summed E-state index contributed by atoms with van der Waals surface area (Å²) in [6.07, 6.45) is 0. The molecule has 0 fully saturated rings. The summed E-state index contributed by atoms with van der Waals surface area (Å²) in [6.45, 7) is 0.674. The highest BCUT2D eigenvalue weighted by molar-refractivity contribution is 9.10. The molecule has 0 spiro atoms. The number of ether oxygens (including phenoxy) is 2. The first-order valence-electron chi connectivity index (χ1n) is 6.14. The van der Waals surface area contributed by atoms with E-state index < -0.39 is 11.2 Å². The number of methoxy groups -OCH3 is 1. The first kappa shape index (κ1) is 16.8. The van der Waals surface area contributed by atoms with E-state index in [0.717, 1.165) is 19.8 Å². The average Bonchev–Trinajstić information content (AvgIpc) is 2.49. The lowest BCUT2D eigenvalue weighted by Crippen LogP contribution is -2.03. The maximum Gasteiger partial charge on any atom is 0.159 e. The van der Waals surface area contributed by atoms with Crippen LogP contribution in [-0.2, 0) is 27.3 Å². The van der Waals surface area contributed by atoms with Crippen LogP contribution in [-0.4, -0.2) is 18.5 Å². The van der Waals surface area contributed by atoms with Crippen molar-refractivity contribution in [3.05, 3.63) is 57.5 Å². The SMILES string of the molecule is COCOCc1ccc([S+]([O-])c2ccc(Cl)cc2)cc1Br. The molecule has 1 unspecified atom stereocenters. The molecule has 0 amide bonds. The third-order valence-electron chi connectivity index (χ3n) is 2.73. The van der Waals surface area contributed by atoms with Gasteiger partial charge in [-0.25, -0.2) is 0 Å². The van der Waals surface area contributed by atoms with Gasteiger partial charge in [0.15, 0.2) is 9.79 Å². The lowest BCUT2D eigenvalue weighted by Gasteiger charge is -2.12. The second-order valence-electron chi connectivity index (χ2n) is 4.23. The van der Waals surface area contributed by atoms with E-state index in [1.54, 1.807) is 31.4 Å². The van der Waals surface area contributed by atoms with Crippen LogP contribution in [0.4, 0.5) is 0 Å². The van der Waals surface area contributed by atoms with E-state index in [-0.39, 0.29) is 6.79 Å². The molecule has 0 N–H and O–H groups in total. The van der Waals surface area contributed by atoms with E-state index in [1.165, 1.54) is 0 Å². The van der Waals surface area contributed by atoms with Gasteiger partial charge in [0.1, 0.15) is 6.79 Å². The molecule has 0 saturated carbocycles. The summed E-state index contributed by atoms with van der Waals surface area (Å²) in [4.78, 5) is 1.44. The van der Waals surface area contributed by atoms with Gasteiger partial charge < -0.3 is 14.0 Å². The van der Waals surface area contributed by atoms with Crippen LogP contribution in [0, 0.1) is 0 Å². The summed E-state index contributed by atoms with van der Waals surface area (Å²) in [5.74, 6) is 0. The third kappa shape index (κ3) is 4.71. The fraction of sp³-hybridized carbons (Fsp3) is 0.200. The Morgan fingerprint density at radius 2 is 1.81 bits per heavy atom. The monoisotopic (exact) mass is 388 g/mol. The predicted octanol–water partition coefficient (Wildman–Crippen LogP) is 4.39. The van der Waals surface area contributed by atoms with E-state index in [4.69, 9.17) is 21.1 Å². The van der Waals surface area contributed by atoms with Gasteiger partial charge in [-0.05, 0) is 35.9 Å². The minimum absolute atomic E-state index is 0.241. The second kappa shape index (κ2) is 8.17. The van der Waals surface area contributed by atoms with Gasteiger partial charge in [-0.15, -0.1) is 0 Å². The van der Waals surface area contributed by atoms with Gasteiger partial charge in [0.2, 0.25) is 0 Å². The lowest BCUT2D eigenvalue weighted by molar-refractivity contribution is -0.0392. The largest absolute Gasteiger partial charge is 0.606 e. The molecule has 0 aliphatic rings. The highest BCUT2D eigenvalue weighted by Crippen LogP contribution is 2.27. The molecule has 2 aromatic carbocycles. The fourth-order valence-electron chi connectivity index (χ4n) is 1.69. The van der Waals surface area contributed by atoms with Gasteiger partial charge in [0, 0.05) is 33.8 Å². The van der Waals surface area contributed by atoms with Crippen LogP contribution in [0.1, 0.15) is 5.56 Å². The minimum atomic E-state index is -1.24. The average molecular weight is 390 g/mol. The maximum absolute atomic E-state index is 12.5. The Morgan fingerprint density at radius 3 is 2.43 bits per heavy atom. The van der Waals surface area contributed by atoms with Crippen molar-refractivity contribution in [3.63, 3.8) is 0 Å². The van der Waals surface area contributed by atoms with Crippen LogP contribution in [0.3, 0.4) is 0 Å². The molecular weight excluding hydrogens is 376 g/mol. The van der Waals surface area contributed by atoms with Gasteiger partial charge in [0.05, 0.1) is 6.61 Å². The lowest BCUT2D eigenvalue weighted by atomic mass is 10.2.